The lowest BCUT2D eigenvalue weighted by molar-refractivity contribution is -0.140. The molecule has 4 aromatic carbocycles. The Hall–Kier alpha value is -4.63. The summed E-state index contributed by atoms with van der Waals surface area (Å²) in [7, 11) is -2.62. The minimum absolute atomic E-state index is 0.0622. The highest BCUT2D eigenvalue weighted by Gasteiger charge is 2.35. The number of anilines is 1. The van der Waals surface area contributed by atoms with Crippen LogP contribution in [0.15, 0.2) is 102 Å². The van der Waals surface area contributed by atoms with Gasteiger partial charge < -0.3 is 15.0 Å². The van der Waals surface area contributed by atoms with Crippen LogP contribution in [0.3, 0.4) is 0 Å². The highest BCUT2D eigenvalue weighted by atomic mass is 32.2. The molecule has 4 rings (SSSR count). The monoisotopic (exact) mass is 655 g/mol. The summed E-state index contributed by atoms with van der Waals surface area (Å²) < 4.78 is 35.3. The van der Waals surface area contributed by atoms with Crippen molar-refractivity contribution < 1.29 is 22.7 Å². The zero-order valence-electron chi connectivity index (χ0n) is 28.1. The first-order valence-corrected chi connectivity index (χ1v) is 17.3. The van der Waals surface area contributed by atoms with E-state index in [0.29, 0.717) is 23.4 Å². The van der Waals surface area contributed by atoms with Crippen LogP contribution in [-0.2, 0) is 32.6 Å². The van der Waals surface area contributed by atoms with Gasteiger partial charge in [-0.05, 0) is 86.7 Å². The summed E-state index contributed by atoms with van der Waals surface area (Å²) in [6.45, 7) is 9.04. The normalized spacial score (nSPS) is 12.6. The molecular weight excluding hydrogens is 611 g/mol. The number of aryl methyl sites for hydroxylation is 3. The predicted molar refractivity (Wildman–Crippen MR) is 187 cm³/mol. The van der Waals surface area contributed by atoms with E-state index in [0.717, 1.165) is 22.3 Å². The topological polar surface area (TPSA) is 96.0 Å². The molecule has 8 nitrogen and oxygen atoms in total. The third-order valence-corrected chi connectivity index (χ3v) is 10.1. The Bertz CT molecular complexity index is 1780. The minimum atomic E-state index is -4.18. The number of nitrogens with one attached hydrogen (secondary N) is 1. The van der Waals surface area contributed by atoms with Crippen molar-refractivity contribution in [1.29, 1.82) is 0 Å². The van der Waals surface area contributed by atoms with Crippen molar-refractivity contribution in [2.45, 2.75) is 71.0 Å². The summed E-state index contributed by atoms with van der Waals surface area (Å²) in [4.78, 5) is 30.3. The van der Waals surface area contributed by atoms with Gasteiger partial charge in [0.15, 0.2) is 0 Å². The number of carbonyl (C=O) groups is 2. The quantitative estimate of drug-likeness (QED) is 0.170. The molecule has 0 aromatic heterocycles. The lowest BCUT2D eigenvalue weighted by atomic mass is 10.0. The molecule has 0 saturated carbocycles. The standard InChI is InChI=1S/C38H45N3O5S/c1-7-30(5)39-38(43)36(24-31-12-9-8-10-13-31)40(25-32-14-11-15-33(23-32)46-6)37(42)26-41(35-22-28(3)16-19-29(35)4)47(44,45)34-20-17-27(2)18-21-34/h8-23,30,36H,7,24-26H2,1-6H3,(H,39,43)/t30-,36+/m1/s1. The lowest BCUT2D eigenvalue weighted by Crippen LogP contribution is -2.54. The van der Waals surface area contributed by atoms with Gasteiger partial charge in [0.05, 0.1) is 17.7 Å². The summed E-state index contributed by atoms with van der Waals surface area (Å²) in [6.07, 6.45) is 0.954. The molecule has 2 atom stereocenters. The Morgan fingerprint density at radius 3 is 2.15 bits per heavy atom. The zero-order valence-corrected chi connectivity index (χ0v) is 28.9. The fourth-order valence-corrected chi connectivity index (χ4v) is 6.77. The molecule has 248 valence electrons. The van der Waals surface area contributed by atoms with Crippen molar-refractivity contribution in [3.63, 3.8) is 0 Å². The number of nitrogens with zero attached hydrogens (tertiary/aromatic N) is 2. The molecule has 1 N–H and O–H groups in total. The Kier molecular flexibility index (Phi) is 11.8. The van der Waals surface area contributed by atoms with Crippen molar-refractivity contribution in [3.05, 3.63) is 125 Å². The third kappa shape index (κ3) is 9.01. The Morgan fingerprint density at radius 1 is 0.830 bits per heavy atom. The molecule has 0 bridgehead atoms. The van der Waals surface area contributed by atoms with E-state index in [1.807, 2.05) is 101 Å². The van der Waals surface area contributed by atoms with Gasteiger partial charge in [-0.1, -0.05) is 79.2 Å². The number of methoxy groups -OCH3 is 1. The third-order valence-electron chi connectivity index (χ3n) is 8.28. The number of hydrogen-bond acceptors (Lipinski definition) is 5. The fourth-order valence-electron chi connectivity index (χ4n) is 5.30. The molecule has 47 heavy (non-hydrogen) atoms. The van der Waals surface area contributed by atoms with Gasteiger partial charge in [0.2, 0.25) is 11.8 Å². The van der Waals surface area contributed by atoms with E-state index in [-0.39, 0.29) is 29.8 Å². The van der Waals surface area contributed by atoms with Crippen LogP contribution in [0.2, 0.25) is 0 Å². The molecule has 0 unspecified atom stereocenters. The molecule has 9 heteroatoms. The fraction of sp³-hybridized carbons (Fsp3) is 0.316. The van der Waals surface area contributed by atoms with Crippen LogP contribution in [0.1, 0.15) is 48.1 Å². The number of benzene rings is 4. The van der Waals surface area contributed by atoms with E-state index in [1.165, 1.54) is 9.21 Å². The second kappa shape index (κ2) is 15.8. The number of ether oxygens (including phenoxy) is 1. The minimum Gasteiger partial charge on any atom is -0.497 e. The smallest absolute Gasteiger partial charge is 0.264 e. The van der Waals surface area contributed by atoms with Crippen LogP contribution >= 0.6 is 0 Å². The van der Waals surface area contributed by atoms with Gasteiger partial charge in [-0.3, -0.25) is 13.9 Å². The van der Waals surface area contributed by atoms with E-state index in [9.17, 15) is 18.0 Å². The summed E-state index contributed by atoms with van der Waals surface area (Å²) in [5.74, 6) is -0.207. The van der Waals surface area contributed by atoms with E-state index >= 15 is 0 Å². The van der Waals surface area contributed by atoms with Gasteiger partial charge >= 0.3 is 0 Å². The first kappa shape index (κ1) is 35.2. The molecule has 0 aliphatic carbocycles. The molecular formula is C38H45N3O5S. The van der Waals surface area contributed by atoms with E-state index in [1.54, 1.807) is 37.4 Å². The van der Waals surface area contributed by atoms with Crippen molar-refractivity contribution in [2.24, 2.45) is 0 Å². The summed E-state index contributed by atoms with van der Waals surface area (Å²) >= 11 is 0. The summed E-state index contributed by atoms with van der Waals surface area (Å²) in [5.41, 5.74) is 4.49. The Morgan fingerprint density at radius 2 is 1.49 bits per heavy atom. The molecule has 0 fully saturated rings. The van der Waals surface area contributed by atoms with Crippen molar-refractivity contribution >= 4 is 27.5 Å². The van der Waals surface area contributed by atoms with E-state index in [2.05, 4.69) is 5.32 Å². The van der Waals surface area contributed by atoms with Gasteiger partial charge in [0.25, 0.3) is 10.0 Å². The van der Waals surface area contributed by atoms with Crippen LogP contribution in [0.25, 0.3) is 0 Å². The molecule has 0 heterocycles. The van der Waals surface area contributed by atoms with Gasteiger partial charge in [-0.25, -0.2) is 8.42 Å². The Labute approximate surface area is 279 Å². The summed E-state index contributed by atoms with van der Waals surface area (Å²) in [6, 6.07) is 27.9. The first-order valence-electron chi connectivity index (χ1n) is 15.9. The van der Waals surface area contributed by atoms with Crippen LogP contribution in [0.5, 0.6) is 5.75 Å². The number of amides is 2. The average molecular weight is 656 g/mol. The zero-order chi connectivity index (χ0) is 34.1. The molecule has 0 spiro atoms. The summed E-state index contributed by atoms with van der Waals surface area (Å²) in [5, 5.41) is 3.07. The first-order chi connectivity index (χ1) is 22.4. The van der Waals surface area contributed by atoms with E-state index in [4.69, 9.17) is 4.74 Å². The molecule has 0 aliphatic heterocycles. The number of carbonyl (C=O) groups excluding carboxylic acids is 2. The van der Waals surface area contributed by atoms with Gasteiger partial charge in [-0.15, -0.1) is 0 Å². The number of hydrogen-bond donors (Lipinski definition) is 1. The van der Waals surface area contributed by atoms with Crippen molar-refractivity contribution in [3.8, 4) is 5.75 Å². The highest BCUT2D eigenvalue weighted by molar-refractivity contribution is 7.92. The maximum atomic E-state index is 14.7. The molecule has 0 aliphatic rings. The Balaban J connectivity index is 1.85. The second-order valence-corrected chi connectivity index (χ2v) is 13.9. The molecule has 2 amide bonds. The lowest BCUT2D eigenvalue weighted by Gasteiger charge is -2.34. The largest absolute Gasteiger partial charge is 0.497 e. The van der Waals surface area contributed by atoms with Crippen LogP contribution in [0, 0.1) is 20.8 Å². The van der Waals surface area contributed by atoms with Crippen molar-refractivity contribution in [2.75, 3.05) is 18.0 Å². The molecule has 4 aromatic rings. The predicted octanol–water partition coefficient (Wildman–Crippen LogP) is 6.37. The maximum absolute atomic E-state index is 14.7. The average Bonchev–Trinajstić information content (AvgIpc) is 3.06. The SMILES string of the molecule is CC[C@@H](C)NC(=O)[C@H](Cc1ccccc1)N(Cc1cccc(OC)c1)C(=O)CN(c1cc(C)ccc1C)S(=O)(=O)c1ccc(C)cc1. The number of rotatable bonds is 14. The number of sulfonamides is 1. The molecule has 0 radical (unpaired) electrons. The van der Waals surface area contributed by atoms with Gasteiger partial charge in [0.1, 0.15) is 18.3 Å². The molecule has 0 saturated heterocycles. The maximum Gasteiger partial charge on any atom is 0.264 e. The van der Waals surface area contributed by atoms with Gasteiger partial charge in [0, 0.05) is 19.0 Å². The van der Waals surface area contributed by atoms with E-state index < -0.39 is 28.5 Å². The van der Waals surface area contributed by atoms with Crippen LogP contribution < -0.4 is 14.4 Å². The van der Waals surface area contributed by atoms with Gasteiger partial charge in [-0.2, -0.15) is 0 Å². The second-order valence-electron chi connectivity index (χ2n) is 12.0. The van der Waals surface area contributed by atoms with Crippen LogP contribution in [0.4, 0.5) is 5.69 Å². The van der Waals surface area contributed by atoms with Crippen molar-refractivity contribution in [1.82, 2.24) is 10.2 Å². The highest BCUT2D eigenvalue weighted by Crippen LogP contribution is 2.29. The van der Waals surface area contributed by atoms with Crippen LogP contribution in [-0.4, -0.2) is 50.9 Å².